The smallest absolute Gasteiger partial charge is 0.417 e. The highest BCUT2D eigenvalue weighted by Crippen LogP contribution is 2.65. The highest BCUT2D eigenvalue weighted by Gasteiger charge is 2.66. The van der Waals surface area contributed by atoms with Gasteiger partial charge in [-0.3, -0.25) is 4.57 Å². The van der Waals surface area contributed by atoms with Crippen LogP contribution in [0.3, 0.4) is 0 Å². The van der Waals surface area contributed by atoms with Crippen LogP contribution in [0.25, 0.3) is 5.69 Å². The van der Waals surface area contributed by atoms with Crippen LogP contribution in [-0.2, 0) is 26.5 Å². The molecule has 1 fully saturated rings. The van der Waals surface area contributed by atoms with Gasteiger partial charge in [0.1, 0.15) is 5.60 Å². The Bertz CT molecular complexity index is 1220. The number of hydrogen-bond donors (Lipinski definition) is 2. The monoisotopic (exact) mass is 494 g/mol. The van der Waals surface area contributed by atoms with Gasteiger partial charge in [-0.1, -0.05) is 20.8 Å². The summed E-state index contributed by atoms with van der Waals surface area (Å²) in [5.74, 6) is -0.789. The average molecular weight is 495 g/mol. The van der Waals surface area contributed by atoms with E-state index in [1.54, 1.807) is 13.8 Å². The number of alkyl halides is 3. The number of hydrogen-bond acceptors (Lipinski definition) is 5. The van der Waals surface area contributed by atoms with Gasteiger partial charge in [0.05, 0.1) is 45.7 Å². The molecule has 2 aliphatic heterocycles. The van der Waals surface area contributed by atoms with Crippen molar-refractivity contribution in [1.29, 1.82) is 5.26 Å². The Labute approximate surface area is 197 Å². The molecule has 3 heterocycles. The topological polar surface area (TPSA) is 87.6 Å². The molecule has 1 saturated heterocycles. The van der Waals surface area contributed by atoms with Crippen LogP contribution in [0.15, 0.2) is 18.2 Å². The number of fused-ring (bicyclic) bond motifs is 5. The summed E-state index contributed by atoms with van der Waals surface area (Å²) < 4.78 is 54.6. The molecule has 0 radical (unpaired) electrons. The number of aromatic hydroxyl groups is 2. The van der Waals surface area contributed by atoms with Crippen molar-refractivity contribution in [2.24, 2.45) is 0 Å². The van der Waals surface area contributed by atoms with Crippen molar-refractivity contribution in [2.75, 3.05) is 0 Å². The zero-order valence-electron chi connectivity index (χ0n) is 20.3. The van der Waals surface area contributed by atoms with Crippen molar-refractivity contribution in [3.05, 3.63) is 40.5 Å². The molecule has 0 saturated carbocycles. The van der Waals surface area contributed by atoms with Gasteiger partial charge in [-0.15, -0.1) is 0 Å². The van der Waals surface area contributed by atoms with Crippen molar-refractivity contribution < 1.29 is 32.5 Å². The summed E-state index contributed by atoms with van der Waals surface area (Å²) >= 11 is 0. The van der Waals surface area contributed by atoms with Crippen molar-refractivity contribution in [3.8, 4) is 23.5 Å². The lowest BCUT2D eigenvalue weighted by Gasteiger charge is -2.42. The number of halogens is 3. The molecule has 0 aliphatic carbocycles. The summed E-state index contributed by atoms with van der Waals surface area (Å²) in [6, 6.07) is 4.58. The van der Waals surface area contributed by atoms with Crippen LogP contribution in [0.2, 0.25) is 18.1 Å². The fraction of sp³-hybridized carbons (Fsp3) is 0.542. The third-order valence-electron chi connectivity index (χ3n) is 7.70. The quantitative estimate of drug-likeness (QED) is 0.509. The van der Waals surface area contributed by atoms with Crippen molar-refractivity contribution in [2.45, 2.75) is 82.7 Å². The third kappa shape index (κ3) is 3.28. The number of rotatable bonds is 3. The van der Waals surface area contributed by atoms with E-state index in [1.807, 2.05) is 0 Å². The molecule has 4 rings (SSSR count). The molecule has 184 valence electrons. The molecule has 10 heteroatoms. The van der Waals surface area contributed by atoms with Gasteiger partial charge in [-0.25, -0.2) is 0 Å². The van der Waals surface area contributed by atoms with Crippen LogP contribution < -0.4 is 0 Å². The number of nitrogens with zero attached hydrogens (tertiary/aromatic N) is 2. The van der Waals surface area contributed by atoms with Crippen LogP contribution in [0.1, 0.15) is 63.3 Å². The molecular formula is C24H29F3N2O4Si. The Balaban J connectivity index is 1.86. The Morgan fingerprint density at radius 1 is 1.15 bits per heavy atom. The predicted molar refractivity (Wildman–Crippen MR) is 121 cm³/mol. The highest BCUT2D eigenvalue weighted by atomic mass is 28.4. The van der Waals surface area contributed by atoms with Gasteiger partial charge in [0.25, 0.3) is 0 Å². The van der Waals surface area contributed by atoms with E-state index in [4.69, 9.17) is 14.4 Å². The van der Waals surface area contributed by atoms with E-state index in [0.29, 0.717) is 17.5 Å². The minimum absolute atomic E-state index is 0.0679. The van der Waals surface area contributed by atoms with E-state index in [1.165, 1.54) is 12.1 Å². The van der Waals surface area contributed by atoms with Crippen LogP contribution in [0, 0.1) is 11.3 Å². The van der Waals surface area contributed by atoms with E-state index >= 15 is 0 Å². The zero-order valence-corrected chi connectivity index (χ0v) is 21.3. The van der Waals surface area contributed by atoms with Crippen molar-refractivity contribution >= 4 is 8.32 Å². The normalized spacial score (nSPS) is 26.6. The lowest BCUT2D eigenvalue weighted by molar-refractivity contribution is -0.137. The second kappa shape index (κ2) is 7.03. The molecule has 0 spiro atoms. The Hall–Kier alpha value is -2.48. The Morgan fingerprint density at radius 2 is 1.74 bits per heavy atom. The van der Waals surface area contributed by atoms with Gasteiger partial charge < -0.3 is 19.4 Å². The average Bonchev–Trinajstić information content (AvgIpc) is 3.20. The summed E-state index contributed by atoms with van der Waals surface area (Å²) in [5, 5.41) is 31.3. The largest absolute Gasteiger partial charge is 0.494 e. The first-order valence-electron chi connectivity index (χ1n) is 11.0. The van der Waals surface area contributed by atoms with E-state index in [-0.39, 0.29) is 16.6 Å². The molecule has 6 nitrogen and oxygen atoms in total. The second-order valence-corrected chi connectivity index (χ2v) is 15.8. The minimum Gasteiger partial charge on any atom is -0.494 e. The fourth-order valence-electron chi connectivity index (χ4n) is 4.94. The van der Waals surface area contributed by atoms with Gasteiger partial charge in [-0.2, -0.15) is 18.4 Å². The highest BCUT2D eigenvalue weighted by molar-refractivity contribution is 6.74. The Morgan fingerprint density at radius 3 is 2.26 bits per heavy atom. The SMILES string of the molecule is CC12C[C@@H](O[Si](C)(C)C(C)(C)C)C(C)(O1)c1c2c(O)n(-c2ccc(C#N)c(C(F)(F)F)c2)c1O. The molecule has 1 aromatic heterocycles. The first-order chi connectivity index (χ1) is 15.4. The number of nitriles is 1. The van der Waals surface area contributed by atoms with Gasteiger partial charge in [0.2, 0.25) is 11.8 Å². The minimum atomic E-state index is -4.77. The number of benzene rings is 1. The maximum Gasteiger partial charge on any atom is 0.417 e. The predicted octanol–water partition coefficient (Wildman–Crippen LogP) is 6.03. The van der Waals surface area contributed by atoms with E-state index in [9.17, 15) is 23.4 Å². The molecule has 2 unspecified atom stereocenters. The lowest BCUT2D eigenvalue weighted by Crippen LogP contribution is -2.48. The van der Waals surface area contributed by atoms with Gasteiger partial charge in [0.15, 0.2) is 8.32 Å². The van der Waals surface area contributed by atoms with Crippen molar-refractivity contribution in [3.63, 3.8) is 0 Å². The maximum absolute atomic E-state index is 13.5. The van der Waals surface area contributed by atoms with E-state index in [2.05, 4.69) is 33.9 Å². The summed E-state index contributed by atoms with van der Waals surface area (Å²) in [4.78, 5) is 0. The number of ether oxygens (including phenoxy) is 1. The van der Waals surface area contributed by atoms with Crippen LogP contribution in [-0.4, -0.2) is 29.2 Å². The lowest BCUT2D eigenvalue weighted by atomic mass is 9.78. The molecule has 2 aliphatic rings. The number of aromatic nitrogens is 1. The van der Waals surface area contributed by atoms with Gasteiger partial charge >= 0.3 is 6.18 Å². The molecular weight excluding hydrogens is 465 g/mol. The van der Waals surface area contributed by atoms with Gasteiger partial charge in [-0.05, 0) is 50.2 Å². The fourth-order valence-corrected chi connectivity index (χ4v) is 6.32. The van der Waals surface area contributed by atoms with Crippen LogP contribution >= 0.6 is 0 Å². The van der Waals surface area contributed by atoms with Crippen LogP contribution in [0.4, 0.5) is 13.2 Å². The van der Waals surface area contributed by atoms with Gasteiger partial charge in [0, 0.05) is 6.42 Å². The molecule has 3 atom stereocenters. The molecule has 0 amide bonds. The summed E-state index contributed by atoms with van der Waals surface area (Å²) in [7, 11) is -2.22. The maximum atomic E-state index is 13.5. The summed E-state index contributed by atoms with van der Waals surface area (Å²) in [6.45, 7) is 14.1. The summed E-state index contributed by atoms with van der Waals surface area (Å²) in [5.41, 5.74) is -3.20. The second-order valence-electron chi connectivity index (χ2n) is 11.1. The van der Waals surface area contributed by atoms with Crippen LogP contribution in [0.5, 0.6) is 11.8 Å². The summed E-state index contributed by atoms with van der Waals surface area (Å²) in [6.07, 6.45) is -4.75. The molecule has 2 N–H and O–H groups in total. The first-order valence-corrected chi connectivity index (χ1v) is 14.0. The first kappa shape index (κ1) is 24.6. The molecule has 34 heavy (non-hydrogen) atoms. The third-order valence-corrected chi connectivity index (χ3v) is 12.2. The molecule has 2 aromatic rings. The molecule has 2 bridgehead atoms. The van der Waals surface area contributed by atoms with E-state index < -0.39 is 48.8 Å². The zero-order chi connectivity index (χ0) is 25.6. The van der Waals surface area contributed by atoms with Crippen molar-refractivity contribution in [1.82, 2.24) is 4.57 Å². The molecule has 1 aromatic carbocycles. The Kier molecular flexibility index (Phi) is 5.09. The van der Waals surface area contributed by atoms with E-state index in [0.717, 1.165) is 16.7 Å². The standard InChI is InChI=1S/C24H29F3N2O4Si/c1-21(2,3)34(6,7)32-16-11-22(4)17-18(23(16,5)33-22)20(31)29(19(17)30)14-9-8-13(12-28)15(10-14)24(25,26)27/h8-10,16,30-31H,11H2,1-7H3/t16-,22?,23?/m1/s1.